The lowest BCUT2D eigenvalue weighted by Gasteiger charge is -2.38. The van der Waals surface area contributed by atoms with Crippen molar-refractivity contribution in [2.75, 3.05) is 19.7 Å². The number of aliphatic carboxylic acids is 1. The van der Waals surface area contributed by atoms with Gasteiger partial charge in [-0.1, -0.05) is 24.3 Å². The first-order valence-corrected chi connectivity index (χ1v) is 7.21. The summed E-state index contributed by atoms with van der Waals surface area (Å²) in [7, 11) is 0. The summed E-state index contributed by atoms with van der Waals surface area (Å²) in [5, 5.41) is 8.73. The zero-order valence-electron chi connectivity index (χ0n) is 12.2. The van der Waals surface area contributed by atoms with Gasteiger partial charge in [0, 0.05) is 19.0 Å². The van der Waals surface area contributed by atoms with Crippen molar-refractivity contribution in [1.29, 1.82) is 0 Å². The topological polar surface area (TPSA) is 49.8 Å². The van der Waals surface area contributed by atoms with Crippen LogP contribution in [0, 0.1) is 6.92 Å². The summed E-state index contributed by atoms with van der Waals surface area (Å²) in [6, 6.07) is 8.65. The van der Waals surface area contributed by atoms with Gasteiger partial charge in [0.2, 0.25) is 0 Å². The highest BCUT2D eigenvalue weighted by Crippen LogP contribution is 2.27. The van der Waals surface area contributed by atoms with Gasteiger partial charge in [-0.25, -0.2) is 0 Å². The highest BCUT2D eigenvalue weighted by atomic mass is 16.5. The summed E-state index contributed by atoms with van der Waals surface area (Å²) in [6.07, 6.45) is 1.02. The molecule has 0 amide bonds. The number of morpholine rings is 1. The molecule has 20 heavy (non-hydrogen) atoms. The fourth-order valence-corrected chi connectivity index (χ4v) is 2.69. The third-order valence-electron chi connectivity index (χ3n) is 3.93. The van der Waals surface area contributed by atoms with E-state index in [0.29, 0.717) is 19.1 Å². The first kappa shape index (κ1) is 15.0. The van der Waals surface area contributed by atoms with E-state index in [1.54, 1.807) is 0 Å². The van der Waals surface area contributed by atoms with Crippen molar-refractivity contribution in [3.05, 3.63) is 35.4 Å². The largest absolute Gasteiger partial charge is 0.481 e. The van der Waals surface area contributed by atoms with E-state index in [1.165, 1.54) is 11.1 Å². The Hall–Kier alpha value is -1.39. The van der Waals surface area contributed by atoms with E-state index in [1.807, 2.05) is 12.1 Å². The fourth-order valence-electron chi connectivity index (χ4n) is 2.69. The number of ether oxygens (including phenoxy) is 1. The summed E-state index contributed by atoms with van der Waals surface area (Å²) < 4.78 is 5.96. The van der Waals surface area contributed by atoms with Crippen LogP contribution in [0.1, 0.15) is 37.0 Å². The van der Waals surface area contributed by atoms with E-state index in [2.05, 4.69) is 30.9 Å². The van der Waals surface area contributed by atoms with Crippen LogP contribution in [0.25, 0.3) is 0 Å². The first-order chi connectivity index (χ1) is 9.58. The number of aryl methyl sites for hydroxylation is 1. The molecule has 0 aliphatic carbocycles. The molecule has 1 saturated heterocycles. The van der Waals surface area contributed by atoms with Gasteiger partial charge < -0.3 is 9.84 Å². The van der Waals surface area contributed by atoms with Gasteiger partial charge in [-0.3, -0.25) is 9.69 Å². The van der Waals surface area contributed by atoms with E-state index < -0.39 is 5.97 Å². The van der Waals surface area contributed by atoms with Crippen LogP contribution in [-0.4, -0.2) is 41.7 Å². The van der Waals surface area contributed by atoms with Crippen molar-refractivity contribution in [2.24, 2.45) is 0 Å². The van der Waals surface area contributed by atoms with Crippen molar-refractivity contribution in [1.82, 2.24) is 4.90 Å². The number of carboxylic acid groups (broad SMARTS) is 1. The maximum atomic E-state index is 10.6. The van der Waals surface area contributed by atoms with E-state index in [4.69, 9.17) is 9.84 Å². The van der Waals surface area contributed by atoms with Gasteiger partial charge in [-0.05, 0) is 37.9 Å². The molecule has 1 fully saturated rings. The molecular formula is C16H23NO3. The third-order valence-corrected chi connectivity index (χ3v) is 3.93. The maximum absolute atomic E-state index is 10.6. The number of carboxylic acids is 1. The fraction of sp³-hybridized carbons (Fsp3) is 0.562. The normalized spacial score (nSPS) is 23.7. The molecule has 1 aliphatic rings. The number of hydrogen-bond acceptors (Lipinski definition) is 3. The SMILES string of the molecule is Cc1ccccc1[C@@H]1CN(CCCC(=O)O)[C@@H](C)CO1. The standard InChI is InChI=1S/C16H23NO3/c1-12-6-3-4-7-14(12)15-10-17(13(2)11-20-15)9-5-8-16(18)19/h3-4,6-7,13,15H,5,8-11H2,1-2H3,(H,18,19)/t13-,15-/m0/s1. The Morgan fingerprint density at radius 3 is 2.90 bits per heavy atom. The highest BCUT2D eigenvalue weighted by molar-refractivity contribution is 5.66. The molecular weight excluding hydrogens is 254 g/mol. The van der Waals surface area contributed by atoms with E-state index in [-0.39, 0.29) is 12.5 Å². The number of nitrogens with zero attached hydrogens (tertiary/aromatic N) is 1. The number of carbonyl (C=O) groups is 1. The Balaban J connectivity index is 1.97. The number of hydrogen-bond donors (Lipinski definition) is 1. The molecule has 4 nitrogen and oxygen atoms in total. The second kappa shape index (κ2) is 6.86. The molecule has 110 valence electrons. The molecule has 1 aromatic carbocycles. The predicted molar refractivity (Wildman–Crippen MR) is 77.8 cm³/mol. The third kappa shape index (κ3) is 3.81. The van der Waals surface area contributed by atoms with Crippen LogP contribution >= 0.6 is 0 Å². The zero-order chi connectivity index (χ0) is 14.5. The van der Waals surface area contributed by atoms with Crippen LogP contribution < -0.4 is 0 Å². The highest BCUT2D eigenvalue weighted by Gasteiger charge is 2.27. The van der Waals surface area contributed by atoms with Crippen LogP contribution in [0.2, 0.25) is 0 Å². The predicted octanol–water partition coefficient (Wildman–Crippen LogP) is 2.62. The molecule has 0 aromatic heterocycles. The molecule has 1 N–H and O–H groups in total. The lowest BCUT2D eigenvalue weighted by molar-refractivity contribution is -0.137. The molecule has 2 atom stereocenters. The van der Waals surface area contributed by atoms with Gasteiger partial charge in [0.1, 0.15) is 0 Å². The Morgan fingerprint density at radius 2 is 2.20 bits per heavy atom. The van der Waals surface area contributed by atoms with Gasteiger partial charge in [-0.15, -0.1) is 0 Å². The lowest BCUT2D eigenvalue weighted by Crippen LogP contribution is -2.45. The monoisotopic (exact) mass is 277 g/mol. The van der Waals surface area contributed by atoms with Gasteiger partial charge >= 0.3 is 5.97 Å². The first-order valence-electron chi connectivity index (χ1n) is 7.21. The average molecular weight is 277 g/mol. The second-order valence-corrected chi connectivity index (χ2v) is 5.52. The van der Waals surface area contributed by atoms with Crippen LogP contribution in [-0.2, 0) is 9.53 Å². The van der Waals surface area contributed by atoms with Gasteiger partial charge in [0.25, 0.3) is 0 Å². The maximum Gasteiger partial charge on any atom is 0.303 e. The quantitative estimate of drug-likeness (QED) is 0.899. The minimum Gasteiger partial charge on any atom is -0.481 e. The van der Waals surface area contributed by atoms with Crippen molar-refractivity contribution in [3.63, 3.8) is 0 Å². The van der Waals surface area contributed by atoms with Crippen LogP contribution in [0.5, 0.6) is 0 Å². The summed E-state index contributed by atoms with van der Waals surface area (Å²) >= 11 is 0. The second-order valence-electron chi connectivity index (χ2n) is 5.52. The molecule has 2 rings (SSSR count). The van der Waals surface area contributed by atoms with Crippen molar-refractivity contribution in [2.45, 2.75) is 38.8 Å². The summed E-state index contributed by atoms with van der Waals surface area (Å²) in [5.74, 6) is -0.721. The van der Waals surface area contributed by atoms with E-state index in [9.17, 15) is 4.79 Å². The Labute approximate surface area is 120 Å². The molecule has 0 spiro atoms. The van der Waals surface area contributed by atoms with E-state index >= 15 is 0 Å². The zero-order valence-corrected chi connectivity index (χ0v) is 12.2. The molecule has 0 saturated carbocycles. The number of benzene rings is 1. The van der Waals surface area contributed by atoms with Crippen LogP contribution in [0.4, 0.5) is 0 Å². The van der Waals surface area contributed by atoms with Gasteiger partial charge in [0.05, 0.1) is 12.7 Å². The molecule has 0 radical (unpaired) electrons. The lowest BCUT2D eigenvalue weighted by atomic mass is 10.0. The Kier molecular flexibility index (Phi) is 5.15. The summed E-state index contributed by atoms with van der Waals surface area (Å²) in [4.78, 5) is 12.9. The van der Waals surface area contributed by atoms with Crippen molar-refractivity contribution in [3.8, 4) is 0 Å². The van der Waals surface area contributed by atoms with E-state index in [0.717, 1.165) is 13.1 Å². The van der Waals surface area contributed by atoms with Crippen molar-refractivity contribution < 1.29 is 14.6 Å². The molecule has 1 aromatic rings. The molecule has 1 aliphatic heterocycles. The molecule has 0 bridgehead atoms. The molecule has 1 heterocycles. The molecule has 0 unspecified atom stereocenters. The van der Waals surface area contributed by atoms with Gasteiger partial charge in [0.15, 0.2) is 0 Å². The smallest absolute Gasteiger partial charge is 0.303 e. The van der Waals surface area contributed by atoms with Gasteiger partial charge in [-0.2, -0.15) is 0 Å². The van der Waals surface area contributed by atoms with Crippen LogP contribution in [0.3, 0.4) is 0 Å². The Bertz CT molecular complexity index is 461. The minimum atomic E-state index is -0.721. The van der Waals surface area contributed by atoms with Crippen LogP contribution in [0.15, 0.2) is 24.3 Å². The minimum absolute atomic E-state index is 0.0947. The summed E-state index contributed by atoms with van der Waals surface area (Å²) in [5.41, 5.74) is 2.49. The Morgan fingerprint density at radius 1 is 1.45 bits per heavy atom. The number of rotatable bonds is 5. The molecule has 4 heteroatoms. The van der Waals surface area contributed by atoms with Crippen molar-refractivity contribution >= 4 is 5.97 Å². The summed E-state index contributed by atoms with van der Waals surface area (Å²) in [6.45, 7) is 6.59. The average Bonchev–Trinajstić information content (AvgIpc) is 2.41.